The monoisotopic (exact) mass is 330 g/mol. The molecule has 0 aliphatic carbocycles. The fraction of sp³-hybridized carbons (Fsp3) is 0.933. The fourth-order valence-electron chi connectivity index (χ4n) is 3.17. The van der Waals surface area contributed by atoms with E-state index in [0.717, 1.165) is 0 Å². The van der Waals surface area contributed by atoms with Gasteiger partial charge in [-0.1, -0.05) is 0 Å². The Hall–Kier alpha value is -0.930. The van der Waals surface area contributed by atoms with Crippen LogP contribution in [0.2, 0.25) is 0 Å². The summed E-state index contributed by atoms with van der Waals surface area (Å²) >= 11 is 0. The zero-order chi connectivity index (χ0) is 17.1. The van der Waals surface area contributed by atoms with Crippen LogP contribution in [0.1, 0.15) is 34.6 Å². The number of ether oxygens (including phenoxy) is 5. The molecule has 4 heterocycles. The SMILES string of the molecule is CC(C)(C)OC(=O)NCC12COC(N)(CO1)C1OC(C)(C)O[C@H]12. The number of nitrogens with one attached hydrogen (secondary N) is 1. The van der Waals surface area contributed by atoms with Gasteiger partial charge >= 0.3 is 6.09 Å². The first-order chi connectivity index (χ1) is 10.4. The lowest BCUT2D eigenvalue weighted by Crippen LogP contribution is -2.78. The van der Waals surface area contributed by atoms with Gasteiger partial charge in [0.1, 0.15) is 23.4 Å². The van der Waals surface area contributed by atoms with Crippen molar-refractivity contribution in [3.05, 3.63) is 0 Å². The summed E-state index contributed by atoms with van der Waals surface area (Å²) in [4.78, 5) is 11.9. The van der Waals surface area contributed by atoms with Crippen molar-refractivity contribution in [3.8, 4) is 0 Å². The molecule has 0 saturated carbocycles. The Labute approximate surface area is 135 Å². The summed E-state index contributed by atoms with van der Waals surface area (Å²) in [5.41, 5.74) is 3.81. The van der Waals surface area contributed by atoms with E-state index in [2.05, 4.69) is 5.32 Å². The summed E-state index contributed by atoms with van der Waals surface area (Å²) in [6.07, 6.45) is -1.37. The summed E-state index contributed by atoms with van der Waals surface area (Å²) in [6, 6.07) is 0. The van der Waals surface area contributed by atoms with Crippen LogP contribution >= 0.6 is 0 Å². The molecule has 0 aromatic rings. The molecule has 4 fully saturated rings. The van der Waals surface area contributed by atoms with E-state index in [0.29, 0.717) is 0 Å². The van der Waals surface area contributed by atoms with Crippen molar-refractivity contribution in [3.63, 3.8) is 0 Å². The molecule has 23 heavy (non-hydrogen) atoms. The highest BCUT2D eigenvalue weighted by Gasteiger charge is 2.68. The molecular formula is C15H26N2O6. The summed E-state index contributed by atoms with van der Waals surface area (Å²) in [5, 5.41) is 2.74. The third-order valence-corrected chi connectivity index (χ3v) is 4.20. The van der Waals surface area contributed by atoms with E-state index in [1.54, 1.807) is 20.8 Å². The highest BCUT2D eigenvalue weighted by Crippen LogP contribution is 2.47. The van der Waals surface area contributed by atoms with Gasteiger partial charge in [-0.15, -0.1) is 0 Å². The van der Waals surface area contributed by atoms with Gasteiger partial charge in [-0.05, 0) is 34.6 Å². The van der Waals surface area contributed by atoms with Crippen LogP contribution in [-0.2, 0) is 23.7 Å². The molecule has 2 bridgehead atoms. The van der Waals surface area contributed by atoms with Crippen LogP contribution in [0.25, 0.3) is 0 Å². The molecule has 8 heteroatoms. The normalized spacial score (nSPS) is 41.5. The van der Waals surface area contributed by atoms with Crippen LogP contribution in [0.4, 0.5) is 4.79 Å². The highest BCUT2D eigenvalue weighted by atomic mass is 16.8. The van der Waals surface area contributed by atoms with Crippen molar-refractivity contribution in [1.29, 1.82) is 0 Å². The number of amides is 1. The quantitative estimate of drug-likeness (QED) is 0.759. The van der Waals surface area contributed by atoms with Gasteiger partial charge in [-0.25, -0.2) is 4.79 Å². The largest absolute Gasteiger partial charge is 0.444 e. The fourth-order valence-corrected chi connectivity index (χ4v) is 3.17. The second-order valence-electron chi connectivity index (χ2n) is 7.93. The summed E-state index contributed by atoms with van der Waals surface area (Å²) in [7, 11) is 0. The number of carbonyl (C=O) groups is 1. The van der Waals surface area contributed by atoms with Gasteiger partial charge in [0.2, 0.25) is 0 Å². The maximum Gasteiger partial charge on any atom is 0.407 e. The van der Waals surface area contributed by atoms with Gasteiger partial charge in [-0.3, -0.25) is 5.73 Å². The van der Waals surface area contributed by atoms with Gasteiger partial charge in [0, 0.05) is 0 Å². The minimum atomic E-state index is -1.02. The van der Waals surface area contributed by atoms with Crippen LogP contribution in [0.3, 0.4) is 0 Å². The minimum absolute atomic E-state index is 0.184. The average molecular weight is 330 g/mol. The van der Waals surface area contributed by atoms with E-state index in [1.807, 2.05) is 13.8 Å². The number of nitrogens with two attached hydrogens (primary N) is 1. The first-order valence-corrected chi connectivity index (χ1v) is 7.84. The van der Waals surface area contributed by atoms with Crippen molar-refractivity contribution in [2.75, 3.05) is 19.8 Å². The molecule has 3 unspecified atom stereocenters. The summed E-state index contributed by atoms with van der Waals surface area (Å²) < 4.78 is 28.8. The topological polar surface area (TPSA) is 101 Å². The van der Waals surface area contributed by atoms with Gasteiger partial charge in [0.25, 0.3) is 0 Å². The average Bonchev–Trinajstić information content (AvgIpc) is 2.74. The Morgan fingerprint density at radius 1 is 1.22 bits per heavy atom. The maximum absolute atomic E-state index is 11.9. The van der Waals surface area contributed by atoms with Gasteiger partial charge in [-0.2, -0.15) is 0 Å². The van der Waals surface area contributed by atoms with E-state index in [1.165, 1.54) is 0 Å². The molecule has 4 aliphatic rings. The Bertz CT molecular complexity index is 493. The molecule has 4 atom stereocenters. The van der Waals surface area contributed by atoms with Crippen LogP contribution in [0.5, 0.6) is 0 Å². The van der Waals surface area contributed by atoms with Crippen molar-refractivity contribution in [1.82, 2.24) is 5.32 Å². The second kappa shape index (κ2) is 5.03. The summed E-state index contributed by atoms with van der Waals surface area (Å²) in [5.74, 6) is -0.779. The first kappa shape index (κ1) is 16.9. The second-order valence-corrected chi connectivity index (χ2v) is 7.93. The van der Waals surface area contributed by atoms with Gasteiger partial charge < -0.3 is 29.0 Å². The molecule has 4 saturated heterocycles. The van der Waals surface area contributed by atoms with Gasteiger partial charge in [0.05, 0.1) is 19.8 Å². The van der Waals surface area contributed by atoms with Crippen LogP contribution in [0.15, 0.2) is 0 Å². The van der Waals surface area contributed by atoms with E-state index in [9.17, 15) is 4.79 Å². The van der Waals surface area contributed by atoms with Crippen molar-refractivity contribution in [2.45, 2.75) is 69.5 Å². The number of fused-ring (bicyclic) bond motifs is 2. The number of carbonyl (C=O) groups excluding carboxylic acids is 1. The molecular weight excluding hydrogens is 304 g/mol. The molecule has 8 nitrogen and oxygen atoms in total. The molecule has 0 aromatic heterocycles. The number of alkyl carbamates (subject to hydrolysis) is 1. The smallest absolute Gasteiger partial charge is 0.407 e. The zero-order valence-electron chi connectivity index (χ0n) is 14.3. The van der Waals surface area contributed by atoms with E-state index in [-0.39, 0.29) is 19.8 Å². The Balaban J connectivity index is 1.72. The zero-order valence-corrected chi connectivity index (χ0v) is 14.3. The van der Waals surface area contributed by atoms with Crippen LogP contribution < -0.4 is 11.1 Å². The first-order valence-electron chi connectivity index (χ1n) is 7.84. The van der Waals surface area contributed by atoms with Gasteiger partial charge in [0.15, 0.2) is 11.5 Å². The molecule has 0 aromatic carbocycles. The molecule has 0 radical (unpaired) electrons. The molecule has 1 amide bonds. The van der Waals surface area contributed by atoms with Crippen molar-refractivity contribution < 1.29 is 28.5 Å². The molecule has 4 aliphatic heterocycles. The minimum Gasteiger partial charge on any atom is -0.444 e. The Morgan fingerprint density at radius 3 is 2.43 bits per heavy atom. The predicted molar refractivity (Wildman–Crippen MR) is 79.6 cm³/mol. The molecule has 132 valence electrons. The van der Waals surface area contributed by atoms with E-state index in [4.69, 9.17) is 29.4 Å². The lowest BCUT2D eigenvalue weighted by molar-refractivity contribution is -0.327. The predicted octanol–water partition coefficient (Wildman–Crippen LogP) is 0.485. The third kappa shape index (κ3) is 3.06. The van der Waals surface area contributed by atoms with E-state index >= 15 is 0 Å². The van der Waals surface area contributed by atoms with Crippen LogP contribution in [-0.4, -0.2) is 60.8 Å². The Morgan fingerprint density at radius 2 is 1.87 bits per heavy atom. The number of hydrogen-bond acceptors (Lipinski definition) is 7. The standard InChI is InChI=1S/C15H26N2O6/c1-12(2,3)23-11(18)17-6-14-7-20-15(16,8-19-14)10-9(14)21-13(4,5)22-10/h9-10H,6-8,16H2,1-5H3,(H,17,18)/t9-,10?,14?,15?/m1/s1. The lowest BCUT2D eigenvalue weighted by Gasteiger charge is -2.55. The third-order valence-electron chi connectivity index (χ3n) is 4.20. The Kier molecular flexibility index (Phi) is 3.70. The lowest BCUT2D eigenvalue weighted by atomic mass is 9.82. The van der Waals surface area contributed by atoms with Crippen LogP contribution in [0, 0.1) is 0 Å². The molecule has 3 N–H and O–H groups in total. The van der Waals surface area contributed by atoms with E-state index < -0.39 is 41.0 Å². The number of rotatable bonds is 2. The van der Waals surface area contributed by atoms with Crippen molar-refractivity contribution >= 4 is 6.09 Å². The summed E-state index contributed by atoms with van der Waals surface area (Å²) in [6.45, 7) is 9.66. The highest BCUT2D eigenvalue weighted by molar-refractivity contribution is 5.67. The maximum atomic E-state index is 11.9. The molecule has 4 rings (SSSR count). The molecule has 0 spiro atoms. The number of hydrogen-bond donors (Lipinski definition) is 2. The van der Waals surface area contributed by atoms with Crippen molar-refractivity contribution in [2.24, 2.45) is 5.73 Å².